The van der Waals surface area contributed by atoms with E-state index in [0.717, 1.165) is 4.57 Å². The van der Waals surface area contributed by atoms with Crippen molar-refractivity contribution in [3.63, 3.8) is 0 Å². The van der Waals surface area contributed by atoms with Crippen molar-refractivity contribution in [2.24, 2.45) is 10.8 Å². The summed E-state index contributed by atoms with van der Waals surface area (Å²) in [6, 6.07) is 1.33. The van der Waals surface area contributed by atoms with Gasteiger partial charge in [-0.2, -0.15) is 4.98 Å². The average Bonchev–Trinajstić information content (AvgIpc) is 3.18. The molecule has 1 aromatic heterocycles. The molecule has 2 heterocycles. The molecule has 1 saturated heterocycles. The summed E-state index contributed by atoms with van der Waals surface area (Å²) in [4.78, 5) is 40.2. The Labute approximate surface area is 227 Å². The van der Waals surface area contributed by atoms with Gasteiger partial charge in [0.25, 0.3) is 0 Å². The van der Waals surface area contributed by atoms with Crippen LogP contribution in [0.15, 0.2) is 17.1 Å². The number of carbonyl (C=O) groups is 2. The zero-order valence-corrected chi connectivity index (χ0v) is 24.3. The molecule has 1 fully saturated rings. The van der Waals surface area contributed by atoms with E-state index in [-0.39, 0.29) is 18.7 Å². The lowest BCUT2D eigenvalue weighted by molar-refractivity contribution is -0.165. The van der Waals surface area contributed by atoms with E-state index in [1.54, 1.807) is 48.5 Å². The fraction of sp³-hybridized carbons (Fsp3) is 0.750. The van der Waals surface area contributed by atoms with Crippen LogP contribution in [0.4, 0.5) is 10.2 Å². The van der Waals surface area contributed by atoms with Crippen LogP contribution in [0.1, 0.15) is 74.0 Å². The highest BCUT2D eigenvalue weighted by molar-refractivity contribution is 7.48. The van der Waals surface area contributed by atoms with Crippen LogP contribution in [0.25, 0.3) is 0 Å². The normalized spacial score (nSPS) is 23.3. The number of nitrogens with two attached hydrogens (primary N) is 1. The number of alkyl halides is 1. The highest BCUT2D eigenvalue weighted by Crippen LogP contribution is 2.52. The molecule has 0 amide bonds. The molecule has 39 heavy (non-hydrogen) atoms. The van der Waals surface area contributed by atoms with Crippen LogP contribution in [0.5, 0.6) is 0 Å². The number of carbonyl (C=O) groups excluding carboxylic acids is 2. The third kappa shape index (κ3) is 8.81. The quantitative estimate of drug-likeness (QED) is 0.204. The van der Waals surface area contributed by atoms with E-state index in [2.05, 4.69) is 4.98 Å². The molecule has 0 radical (unpaired) electrons. The number of aromatic nitrogens is 2. The summed E-state index contributed by atoms with van der Waals surface area (Å²) in [6.45, 7) is 9.61. The topological polar surface area (TPSA) is 168 Å². The van der Waals surface area contributed by atoms with E-state index >= 15 is 4.39 Å². The van der Waals surface area contributed by atoms with E-state index in [9.17, 15) is 18.9 Å². The maximum absolute atomic E-state index is 15.1. The second-order valence-corrected chi connectivity index (χ2v) is 12.5. The standard InChI is InChI=1S/C24H39FN3O10P/c1-8-23(6,7)20(30)34-15-37-39(32,36-14-33-19(29)22(3,4)5)35-13-24(9-2)12-16(25)18(38-24)28-11-10-17(26)27-21(28)31/h10-11,16,18H,8-9,12-15H2,1-7H3,(H2,26,27,31). The number of phosphoric acid groups is 1. The second kappa shape index (κ2) is 12.9. The summed E-state index contributed by atoms with van der Waals surface area (Å²) in [5.41, 5.74) is 1.69. The van der Waals surface area contributed by atoms with Crippen LogP contribution in [0.2, 0.25) is 0 Å². The predicted octanol–water partition coefficient (Wildman–Crippen LogP) is 3.87. The molecule has 0 saturated carbocycles. The molecule has 4 unspecified atom stereocenters. The number of rotatable bonds is 13. The van der Waals surface area contributed by atoms with Gasteiger partial charge < -0.3 is 19.9 Å². The number of phosphoric ester groups is 1. The van der Waals surface area contributed by atoms with Gasteiger partial charge >= 0.3 is 25.5 Å². The van der Waals surface area contributed by atoms with Gasteiger partial charge in [0.1, 0.15) is 12.0 Å². The smallest absolute Gasteiger partial charge is 0.437 e. The van der Waals surface area contributed by atoms with Crippen molar-refractivity contribution in [3.8, 4) is 0 Å². The number of hydrogen-bond acceptors (Lipinski definition) is 12. The van der Waals surface area contributed by atoms with Crippen molar-refractivity contribution in [2.75, 3.05) is 25.9 Å². The summed E-state index contributed by atoms with van der Waals surface area (Å²) in [5, 5.41) is 0. The minimum atomic E-state index is -4.53. The lowest BCUT2D eigenvalue weighted by Gasteiger charge is -2.29. The second-order valence-electron chi connectivity index (χ2n) is 10.9. The summed E-state index contributed by atoms with van der Waals surface area (Å²) in [5.74, 6) is -1.27. The first-order valence-electron chi connectivity index (χ1n) is 12.5. The number of nitrogens with zero attached hydrogens (tertiary/aromatic N) is 2. The molecule has 0 spiro atoms. The lowest BCUT2D eigenvalue weighted by Crippen LogP contribution is -2.35. The number of nitrogen functional groups attached to an aromatic ring is 1. The first-order chi connectivity index (χ1) is 18.0. The first-order valence-corrected chi connectivity index (χ1v) is 14.0. The van der Waals surface area contributed by atoms with Gasteiger partial charge in [-0.05, 0) is 53.5 Å². The van der Waals surface area contributed by atoms with Gasteiger partial charge in [0.15, 0.2) is 6.23 Å². The fourth-order valence-electron chi connectivity index (χ4n) is 3.26. The summed E-state index contributed by atoms with van der Waals surface area (Å²) in [6.07, 6.45) is -1.25. The van der Waals surface area contributed by atoms with Crippen molar-refractivity contribution >= 4 is 25.6 Å². The minimum absolute atomic E-state index is 0.0276. The van der Waals surface area contributed by atoms with Gasteiger partial charge in [-0.15, -0.1) is 0 Å². The fourth-order valence-corrected chi connectivity index (χ4v) is 4.24. The molecule has 13 nitrogen and oxygen atoms in total. The van der Waals surface area contributed by atoms with Crippen LogP contribution in [0.3, 0.4) is 0 Å². The molecule has 1 aromatic rings. The molecule has 0 bridgehead atoms. The Bertz CT molecular complexity index is 1120. The molecule has 222 valence electrons. The number of halogens is 1. The van der Waals surface area contributed by atoms with E-state index in [0.29, 0.717) is 6.42 Å². The number of ether oxygens (including phenoxy) is 3. The van der Waals surface area contributed by atoms with E-state index in [1.807, 2.05) is 0 Å². The van der Waals surface area contributed by atoms with Gasteiger partial charge in [-0.3, -0.25) is 18.7 Å². The number of anilines is 1. The van der Waals surface area contributed by atoms with Crippen LogP contribution in [-0.4, -0.2) is 53.5 Å². The molecule has 1 aliphatic heterocycles. The SMILES string of the molecule is CCC1(COP(=O)(OCOC(=O)C(C)(C)C)OCOC(=O)C(C)(C)CC)CC(F)C(n2ccc(N)nc2=O)O1. The van der Waals surface area contributed by atoms with Gasteiger partial charge in [0.05, 0.1) is 23.0 Å². The van der Waals surface area contributed by atoms with Gasteiger partial charge in [0, 0.05) is 12.6 Å². The third-order valence-corrected chi connectivity index (χ3v) is 7.64. The van der Waals surface area contributed by atoms with Crippen molar-refractivity contribution < 1.29 is 46.3 Å². The zero-order valence-electron chi connectivity index (χ0n) is 23.4. The molecule has 2 N–H and O–H groups in total. The third-order valence-electron chi connectivity index (χ3n) is 6.35. The highest BCUT2D eigenvalue weighted by Gasteiger charge is 2.49. The number of esters is 2. The van der Waals surface area contributed by atoms with Crippen LogP contribution in [-0.2, 0) is 41.9 Å². The van der Waals surface area contributed by atoms with E-state index in [1.165, 1.54) is 12.3 Å². The first kappa shape index (κ1) is 32.8. The van der Waals surface area contributed by atoms with Crippen molar-refractivity contribution in [1.29, 1.82) is 0 Å². The van der Waals surface area contributed by atoms with Gasteiger partial charge in [0.2, 0.25) is 13.6 Å². The summed E-state index contributed by atoms with van der Waals surface area (Å²) in [7, 11) is -4.53. The monoisotopic (exact) mass is 579 g/mol. The summed E-state index contributed by atoms with van der Waals surface area (Å²) < 4.78 is 61.2. The van der Waals surface area contributed by atoms with E-state index < -0.39 is 74.5 Å². The van der Waals surface area contributed by atoms with Gasteiger partial charge in [-0.1, -0.05) is 13.8 Å². The van der Waals surface area contributed by atoms with Gasteiger partial charge in [-0.25, -0.2) is 22.8 Å². The number of hydrogen-bond donors (Lipinski definition) is 1. The maximum Gasteiger partial charge on any atom is 0.480 e. The molecule has 0 aromatic carbocycles. The summed E-state index contributed by atoms with van der Waals surface area (Å²) >= 11 is 0. The maximum atomic E-state index is 15.1. The predicted molar refractivity (Wildman–Crippen MR) is 137 cm³/mol. The van der Waals surface area contributed by atoms with Crippen molar-refractivity contribution in [1.82, 2.24) is 9.55 Å². The van der Waals surface area contributed by atoms with Crippen LogP contribution < -0.4 is 11.4 Å². The van der Waals surface area contributed by atoms with Crippen LogP contribution >= 0.6 is 7.82 Å². The Morgan fingerprint density at radius 2 is 1.74 bits per heavy atom. The van der Waals surface area contributed by atoms with Crippen molar-refractivity contribution in [2.45, 2.75) is 85.7 Å². The Balaban J connectivity index is 2.16. The van der Waals surface area contributed by atoms with E-state index in [4.69, 9.17) is 33.5 Å². The lowest BCUT2D eigenvalue weighted by atomic mass is 9.91. The molecule has 4 atom stereocenters. The Morgan fingerprint density at radius 1 is 1.15 bits per heavy atom. The zero-order chi connectivity index (χ0) is 29.6. The molecule has 15 heteroatoms. The highest BCUT2D eigenvalue weighted by atomic mass is 31.2. The molecule has 0 aliphatic carbocycles. The molecule has 2 rings (SSSR count). The van der Waals surface area contributed by atoms with Crippen LogP contribution in [0, 0.1) is 10.8 Å². The Morgan fingerprint density at radius 3 is 2.26 bits per heavy atom. The minimum Gasteiger partial charge on any atom is -0.437 e. The molecule has 1 aliphatic rings. The molecular formula is C24H39FN3O10P. The Hall–Kier alpha value is -2.38. The largest absolute Gasteiger partial charge is 0.480 e. The molecular weight excluding hydrogens is 540 g/mol. The average molecular weight is 580 g/mol. The van der Waals surface area contributed by atoms with Crippen molar-refractivity contribution in [3.05, 3.63) is 22.7 Å². The Kier molecular flexibility index (Phi) is 10.8.